The molecule has 0 aliphatic carbocycles. The van der Waals surface area contributed by atoms with Crippen LogP contribution in [0.5, 0.6) is 0 Å². The first-order chi connectivity index (χ1) is 14.8. The van der Waals surface area contributed by atoms with Crippen LogP contribution < -0.4 is 0 Å². The van der Waals surface area contributed by atoms with Crippen LogP contribution in [-0.4, -0.2) is 67.4 Å². The number of alkyl halides is 10. The monoisotopic (exact) mass is 545 g/mol. The van der Waals surface area contributed by atoms with E-state index in [1.807, 2.05) is 0 Å². The molecule has 0 saturated heterocycles. The lowest BCUT2D eigenvalue weighted by molar-refractivity contribution is -0.358. The molecular weight excluding hydrogens is 530 g/mol. The first kappa shape index (κ1) is 31.9. The summed E-state index contributed by atoms with van der Waals surface area (Å²) >= 11 is 0. The zero-order valence-electron chi connectivity index (χ0n) is 16.9. The molecule has 8 nitrogen and oxygen atoms in total. The lowest BCUT2D eigenvalue weighted by atomic mass is 10.2. The van der Waals surface area contributed by atoms with Gasteiger partial charge in [0.05, 0.1) is 13.2 Å². The van der Waals surface area contributed by atoms with Gasteiger partial charge in [0.1, 0.15) is 5.57 Å². The third-order valence-electron chi connectivity index (χ3n) is 3.48. The number of halogens is 10. The Kier molecular flexibility index (Phi) is 9.58. The average Bonchev–Trinajstić information content (AvgIpc) is 2.61. The Labute approximate surface area is 184 Å². The van der Waals surface area contributed by atoms with Crippen molar-refractivity contribution < 1.29 is 80.7 Å². The molecule has 34 heavy (non-hydrogen) atoms. The van der Waals surface area contributed by atoms with E-state index in [-0.39, 0.29) is 0 Å². The van der Waals surface area contributed by atoms with Crippen LogP contribution in [0.15, 0.2) is 12.2 Å². The van der Waals surface area contributed by atoms with Gasteiger partial charge in [0.2, 0.25) is 0 Å². The molecule has 1 atom stereocenters. The van der Waals surface area contributed by atoms with E-state index in [2.05, 4.69) is 20.8 Å². The summed E-state index contributed by atoms with van der Waals surface area (Å²) in [6, 6.07) is 0. The van der Waals surface area contributed by atoms with E-state index in [0.717, 1.165) is 0 Å². The number of carbonyl (C=O) groups excluding carboxylic acids is 2. The maximum atomic E-state index is 13.6. The Hall–Kier alpha value is -2.15. The first-order valence-electron chi connectivity index (χ1n) is 8.42. The van der Waals surface area contributed by atoms with E-state index in [1.54, 1.807) is 0 Å². The summed E-state index contributed by atoms with van der Waals surface area (Å²) in [5.41, 5.74) is -2.62. The quantitative estimate of drug-likeness (QED) is 0.128. The molecule has 1 unspecified atom stereocenters. The Morgan fingerprint density at radius 1 is 0.971 bits per heavy atom. The van der Waals surface area contributed by atoms with Crippen molar-refractivity contribution in [2.45, 2.75) is 49.6 Å². The van der Waals surface area contributed by atoms with E-state index < -0.39 is 82.5 Å². The van der Waals surface area contributed by atoms with Gasteiger partial charge in [-0.3, -0.25) is 0 Å². The Bertz CT molecular complexity index is 879. The second-order valence-electron chi connectivity index (χ2n) is 6.75. The molecular formula is C15H15F10O8S-. The highest BCUT2D eigenvalue weighted by Crippen LogP contribution is 2.43. The Morgan fingerprint density at radius 3 is 1.79 bits per heavy atom. The summed E-state index contributed by atoms with van der Waals surface area (Å²) in [5.74, 6) is -17.6. The predicted octanol–water partition coefficient (Wildman–Crippen LogP) is 3.29. The molecule has 0 aromatic heterocycles. The molecule has 19 heteroatoms. The second-order valence-corrected chi connectivity index (χ2v) is 8.17. The van der Waals surface area contributed by atoms with Gasteiger partial charge in [-0.25, -0.2) is 18.0 Å². The van der Waals surface area contributed by atoms with Gasteiger partial charge in [0.25, 0.3) is 0 Å². The van der Waals surface area contributed by atoms with Crippen molar-refractivity contribution in [2.24, 2.45) is 5.92 Å². The summed E-state index contributed by atoms with van der Waals surface area (Å²) < 4.78 is 174. The van der Waals surface area contributed by atoms with Crippen molar-refractivity contribution >= 4 is 22.1 Å². The molecule has 0 aromatic rings. The first-order valence-corrected chi connectivity index (χ1v) is 9.82. The van der Waals surface area contributed by atoms with Crippen LogP contribution in [0.1, 0.15) is 20.3 Å². The second kappa shape index (κ2) is 10.2. The van der Waals surface area contributed by atoms with Crippen LogP contribution in [0.25, 0.3) is 0 Å². The fourth-order valence-electron chi connectivity index (χ4n) is 1.68. The van der Waals surface area contributed by atoms with Crippen LogP contribution in [0.4, 0.5) is 43.9 Å². The molecule has 200 valence electrons. The van der Waals surface area contributed by atoms with E-state index in [4.69, 9.17) is 0 Å². The number of carbonyl (C=O) groups is 2. The molecule has 0 aliphatic rings. The number of hydrogen-bond acceptors (Lipinski definition) is 8. The smallest absolute Gasteiger partial charge is 0.468 e. The van der Waals surface area contributed by atoms with Crippen LogP contribution in [0, 0.1) is 5.92 Å². The summed E-state index contributed by atoms with van der Waals surface area (Å²) in [5, 5.41) is -6.37. The highest BCUT2D eigenvalue weighted by atomic mass is 32.2. The van der Waals surface area contributed by atoms with Crippen molar-refractivity contribution in [3.8, 4) is 0 Å². The van der Waals surface area contributed by atoms with Crippen LogP contribution >= 0.6 is 0 Å². The molecule has 0 aliphatic heterocycles. The van der Waals surface area contributed by atoms with E-state index in [9.17, 15) is 66.5 Å². The van der Waals surface area contributed by atoms with Crippen molar-refractivity contribution in [2.75, 3.05) is 13.2 Å². The number of esters is 2. The van der Waals surface area contributed by atoms with Crippen LogP contribution in [0.3, 0.4) is 0 Å². The molecule has 0 saturated carbocycles. The van der Waals surface area contributed by atoms with Gasteiger partial charge in [-0.15, -0.1) is 0 Å². The third-order valence-corrected chi connectivity index (χ3v) is 4.40. The van der Waals surface area contributed by atoms with Gasteiger partial charge < -0.3 is 18.8 Å². The maximum absolute atomic E-state index is 13.6. The molecule has 0 amide bonds. The average molecular weight is 545 g/mol. The van der Waals surface area contributed by atoms with E-state index in [0.29, 0.717) is 0 Å². The fourth-order valence-corrected chi connectivity index (χ4v) is 2.15. The van der Waals surface area contributed by atoms with Crippen molar-refractivity contribution in [1.82, 2.24) is 0 Å². The molecule has 0 spiro atoms. The SMILES string of the molecule is C=C(C(=O)OC(OCCC(F)(F)C(F)(F)S(=O)(=O)[O-])(C(=O)OCC(C)C)C(F)(F)F)C(F)(F)F. The lowest BCUT2D eigenvalue weighted by Crippen LogP contribution is -2.59. The maximum Gasteiger partial charge on any atom is 0.468 e. The number of rotatable bonds is 11. The van der Waals surface area contributed by atoms with Crippen molar-refractivity contribution in [3.63, 3.8) is 0 Å². The normalized spacial score (nSPS) is 15.6. The Morgan fingerprint density at radius 2 is 1.44 bits per heavy atom. The summed E-state index contributed by atoms with van der Waals surface area (Å²) in [4.78, 5) is 23.5. The van der Waals surface area contributed by atoms with Crippen molar-refractivity contribution in [1.29, 1.82) is 0 Å². The minimum Gasteiger partial charge on any atom is -0.743 e. The van der Waals surface area contributed by atoms with E-state index in [1.165, 1.54) is 13.8 Å². The molecule has 0 radical (unpaired) electrons. The summed E-state index contributed by atoms with van der Waals surface area (Å²) in [7, 11) is -7.06. The predicted molar refractivity (Wildman–Crippen MR) is 86.0 cm³/mol. The molecule has 0 bridgehead atoms. The van der Waals surface area contributed by atoms with Crippen LogP contribution in [-0.2, 0) is 33.9 Å². The molecule has 0 heterocycles. The van der Waals surface area contributed by atoms with Gasteiger partial charge in [-0.1, -0.05) is 20.4 Å². The summed E-state index contributed by atoms with van der Waals surface area (Å²) in [6.07, 6.45) is -14.8. The zero-order valence-corrected chi connectivity index (χ0v) is 17.7. The van der Waals surface area contributed by atoms with Gasteiger partial charge in [-0.05, 0) is 5.92 Å². The third kappa shape index (κ3) is 7.17. The zero-order chi connectivity index (χ0) is 27.6. The Balaban J connectivity index is 6.26. The minimum atomic E-state index is -7.06. The number of hydrogen-bond donors (Lipinski definition) is 0. The highest BCUT2D eigenvalue weighted by molar-refractivity contribution is 7.86. The standard InChI is InChI=1S/C15H16F10O8S/c1-7(2)6-31-10(27)12(14(21,22)23,33-9(26)8(3)13(18,19)20)32-5-4-11(16,17)15(24,25)34(28,29)30/h7H,3-6H2,1-2H3,(H,28,29,30)/p-1. The number of ether oxygens (including phenoxy) is 3. The van der Waals surface area contributed by atoms with Crippen LogP contribution in [0.2, 0.25) is 0 Å². The van der Waals surface area contributed by atoms with Crippen molar-refractivity contribution in [3.05, 3.63) is 12.2 Å². The molecule has 0 N–H and O–H groups in total. The highest BCUT2D eigenvalue weighted by Gasteiger charge is 2.69. The fraction of sp³-hybridized carbons (Fsp3) is 0.733. The summed E-state index contributed by atoms with van der Waals surface area (Å²) in [6.45, 7) is 1.32. The molecule has 0 fully saturated rings. The van der Waals surface area contributed by atoms with Gasteiger partial charge in [-0.2, -0.15) is 43.9 Å². The van der Waals surface area contributed by atoms with Gasteiger partial charge in [0, 0.05) is 6.42 Å². The van der Waals surface area contributed by atoms with Gasteiger partial charge in [0.15, 0.2) is 10.1 Å². The largest absolute Gasteiger partial charge is 0.743 e. The van der Waals surface area contributed by atoms with Gasteiger partial charge >= 0.3 is 41.3 Å². The molecule has 0 aromatic carbocycles. The lowest BCUT2D eigenvalue weighted by Gasteiger charge is -2.34. The minimum absolute atomic E-state index is 0.735. The van der Waals surface area contributed by atoms with E-state index >= 15 is 0 Å². The molecule has 0 rings (SSSR count). The topological polar surface area (TPSA) is 119 Å².